The Morgan fingerprint density at radius 3 is 2.30 bits per heavy atom. The average molecular weight is 607 g/mol. The van der Waals surface area contributed by atoms with Crippen LogP contribution in [0.4, 0.5) is 5.69 Å². The third kappa shape index (κ3) is 7.27. The summed E-state index contributed by atoms with van der Waals surface area (Å²) < 4.78 is 34.1. The van der Waals surface area contributed by atoms with Crippen molar-refractivity contribution in [2.75, 3.05) is 24.5 Å². The van der Waals surface area contributed by atoms with Crippen molar-refractivity contribution in [3.8, 4) is 5.75 Å². The van der Waals surface area contributed by atoms with Crippen molar-refractivity contribution < 1.29 is 22.7 Å². The zero-order valence-electron chi connectivity index (χ0n) is 22.9. The molecule has 0 bridgehead atoms. The highest BCUT2D eigenvalue weighted by molar-refractivity contribution is 7.92. The molecule has 11 heteroatoms. The third-order valence-electron chi connectivity index (χ3n) is 6.31. The fourth-order valence-electron chi connectivity index (χ4n) is 4.21. The molecule has 3 aromatic carbocycles. The first-order chi connectivity index (χ1) is 19.0. The maximum absolute atomic E-state index is 14.1. The summed E-state index contributed by atoms with van der Waals surface area (Å²) in [6.45, 7) is 5.23. The quantitative estimate of drug-likeness (QED) is 0.296. The van der Waals surface area contributed by atoms with Gasteiger partial charge in [0, 0.05) is 13.1 Å². The van der Waals surface area contributed by atoms with E-state index in [1.807, 2.05) is 13.0 Å². The summed E-state index contributed by atoms with van der Waals surface area (Å²) in [7, 11) is -2.73. The Morgan fingerprint density at radius 1 is 1.00 bits per heavy atom. The minimum atomic E-state index is -4.26. The molecule has 0 saturated carbocycles. The molecule has 0 fully saturated rings. The molecule has 0 aromatic heterocycles. The van der Waals surface area contributed by atoms with Crippen molar-refractivity contribution in [3.63, 3.8) is 0 Å². The van der Waals surface area contributed by atoms with Gasteiger partial charge in [-0.2, -0.15) is 0 Å². The predicted octanol–water partition coefficient (Wildman–Crippen LogP) is 5.45. The van der Waals surface area contributed by atoms with Crippen LogP contribution in [0.1, 0.15) is 31.4 Å². The molecule has 0 aliphatic carbocycles. The fraction of sp³-hybridized carbons (Fsp3) is 0.310. The van der Waals surface area contributed by atoms with Crippen LogP contribution in [-0.4, -0.2) is 51.4 Å². The number of sulfonamides is 1. The molecule has 214 valence electrons. The summed E-state index contributed by atoms with van der Waals surface area (Å²) in [4.78, 5) is 28.5. The van der Waals surface area contributed by atoms with Crippen molar-refractivity contribution in [1.29, 1.82) is 0 Å². The monoisotopic (exact) mass is 605 g/mol. The molecule has 1 N–H and O–H groups in total. The van der Waals surface area contributed by atoms with E-state index >= 15 is 0 Å². The topological polar surface area (TPSA) is 96.0 Å². The van der Waals surface area contributed by atoms with Crippen LogP contribution in [0.25, 0.3) is 0 Å². The van der Waals surface area contributed by atoms with Crippen LogP contribution in [0.2, 0.25) is 10.0 Å². The lowest BCUT2D eigenvalue weighted by Crippen LogP contribution is -2.52. The van der Waals surface area contributed by atoms with E-state index in [0.29, 0.717) is 24.3 Å². The standard InChI is InChI=1S/C29H33Cl2N3O5S/c1-5-25(29(36)32-6-2)33(18-21-9-7-10-22(17-21)39-4)27(35)19-34(26-12-8-11-24(30)28(26)31)40(37,38)23-15-13-20(3)14-16-23/h7-17,25H,5-6,18-19H2,1-4H3,(H,32,36)/t25-/m0/s1. The van der Waals surface area contributed by atoms with Crippen molar-refractivity contribution in [3.05, 3.63) is 87.9 Å². The van der Waals surface area contributed by atoms with Gasteiger partial charge in [0.1, 0.15) is 18.3 Å². The molecule has 1 atom stereocenters. The number of anilines is 1. The highest BCUT2D eigenvalue weighted by atomic mass is 35.5. The van der Waals surface area contributed by atoms with Gasteiger partial charge in [-0.25, -0.2) is 8.42 Å². The Labute approximate surface area is 245 Å². The molecule has 2 amide bonds. The highest BCUT2D eigenvalue weighted by Gasteiger charge is 2.34. The first-order valence-electron chi connectivity index (χ1n) is 12.8. The van der Waals surface area contributed by atoms with Crippen LogP contribution >= 0.6 is 23.2 Å². The number of carbonyl (C=O) groups excluding carboxylic acids is 2. The SMILES string of the molecule is CCNC(=O)[C@H](CC)N(Cc1cccc(OC)c1)C(=O)CN(c1cccc(Cl)c1Cl)S(=O)(=O)c1ccc(C)cc1. The van der Waals surface area contributed by atoms with Gasteiger partial charge in [0.05, 0.1) is 27.7 Å². The zero-order valence-corrected chi connectivity index (χ0v) is 25.2. The number of hydrogen-bond acceptors (Lipinski definition) is 5. The van der Waals surface area contributed by atoms with Crippen molar-refractivity contribution in [1.82, 2.24) is 10.2 Å². The number of methoxy groups -OCH3 is 1. The Morgan fingerprint density at radius 2 is 1.68 bits per heavy atom. The first kappa shape index (κ1) is 31.3. The zero-order chi connectivity index (χ0) is 29.4. The van der Waals surface area contributed by atoms with Gasteiger partial charge in [-0.1, -0.05) is 66.0 Å². The Bertz CT molecular complexity index is 1450. The molecular formula is C29H33Cl2N3O5S. The molecule has 3 rings (SSSR count). The second-order valence-corrected chi connectivity index (χ2v) is 11.7. The number of amides is 2. The molecule has 0 unspecified atom stereocenters. The number of ether oxygens (including phenoxy) is 1. The molecule has 0 spiro atoms. The molecular weight excluding hydrogens is 573 g/mol. The molecule has 40 heavy (non-hydrogen) atoms. The largest absolute Gasteiger partial charge is 0.497 e. The van der Waals surface area contributed by atoms with E-state index in [2.05, 4.69) is 5.32 Å². The molecule has 0 aliphatic heterocycles. The van der Waals surface area contributed by atoms with Crippen LogP contribution in [0.5, 0.6) is 5.75 Å². The fourth-order valence-corrected chi connectivity index (χ4v) is 6.09. The number of nitrogens with zero attached hydrogens (tertiary/aromatic N) is 2. The number of hydrogen-bond donors (Lipinski definition) is 1. The van der Waals surface area contributed by atoms with Crippen LogP contribution < -0.4 is 14.4 Å². The number of rotatable bonds is 12. The summed E-state index contributed by atoms with van der Waals surface area (Å²) in [6, 6.07) is 17.1. The van der Waals surface area contributed by atoms with Gasteiger partial charge < -0.3 is 15.0 Å². The van der Waals surface area contributed by atoms with E-state index in [4.69, 9.17) is 27.9 Å². The van der Waals surface area contributed by atoms with Gasteiger partial charge in [0.15, 0.2) is 0 Å². The minimum Gasteiger partial charge on any atom is -0.497 e. The second kappa shape index (κ2) is 13.9. The van der Waals surface area contributed by atoms with E-state index in [0.717, 1.165) is 9.87 Å². The van der Waals surface area contributed by atoms with Crippen LogP contribution in [0, 0.1) is 6.92 Å². The Kier molecular flexibility index (Phi) is 10.8. The highest BCUT2D eigenvalue weighted by Crippen LogP contribution is 2.35. The Hall–Kier alpha value is -3.27. The van der Waals surface area contributed by atoms with E-state index in [1.165, 1.54) is 36.3 Å². The molecule has 0 radical (unpaired) electrons. The maximum atomic E-state index is 14.1. The van der Waals surface area contributed by atoms with Gasteiger partial charge in [-0.3, -0.25) is 13.9 Å². The number of nitrogens with one attached hydrogen (secondary N) is 1. The molecule has 0 aliphatic rings. The Balaban J connectivity index is 2.11. The number of likely N-dealkylation sites (N-methyl/N-ethyl adjacent to an activating group) is 1. The molecule has 0 heterocycles. The maximum Gasteiger partial charge on any atom is 0.264 e. The molecule has 8 nitrogen and oxygen atoms in total. The lowest BCUT2D eigenvalue weighted by Gasteiger charge is -2.33. The van der Waals surface area contributed by atoms with Gasteiger partial charge in [-0.15, -0.1) is 0 Å². The van der Waals surface area contributed by atoms with E-state index in [9.17, 15) is 18.0 Å². The average Bonchev–Trinajstić information content (AvgIpc) is 2.93. The van der Waals surface area contributed by atoms with Crippen LogP contribution in [0.3, 0.4) is 0 Å². The van der Waals surface area contributed by atoms with Gasteiger partial charge >= 0.3 is 0 Å². The van der Waals surface area contributed by atoms with Gasteiger partial charge in [-0.05, 0) is 62.2 Å². The lowest BCUT2D eigenvalue weighted by molar-refractivity contribution is -0.140. The van der Waals surface area contributed by atoms with Crippen molar-refractivity contribution >= 4 is 50.7 Å². The van der Waals surface area contributed by atoms with Crippen LogP contribution in [-0.2, 0) is 26.2 Å². The smallest absolute Gasteiger partial charge is 0.264 e. The lowest BCUT2D eigenvalue weighted by atomic mass is 10.1. The van der Waals surface area contributed by atoms with Crippen molar-refractivity contribution in [2.24, 2.45) is 0 Å². The normalized spacial score (nSPS) is 11.9. The summed E-state index contributed by atoms with van der Waals surface area (Å²) in [5, 5.41) is 2.90. The summed E-state index contributed by atoms with van der Waals surface area (Å²) in [5.74, 6) is -0.340. The van der Waals surface area contributed by atoms with E-state index in [-0.39, 0.29) is 33.1 Å². The predicted molar refractivity (Wildman–Crippen MR) is 158 cm³/mol. The van der Waals surface area contributed by atoms with E-state index in [1.54, 1.807) is 50.2 Å². The summed E-state index contributed by atoms with van der Waals surface area (Å²) in [6.07, 6.45) is 0.310. The number of aryl methyl sites for hydroxylation is 1. The molecule has 0 saturated heterocycles. The van der Waals surface area contributed by atoms with E-state index < -0.39 is 28.5 Å². The summed E-state index contributed by atoms with van der Waals surface area (Å²) >= 11 is 12.7. The van der Waals surface area contributed by atoms with Gasteiger partial charge in [0.2, 0.25) is 11.8 Å². The second-order valence-electron chi connectivity index (χ2n) is 9.09. The van der Waals surface area contributed by atoms with Gasteiger partial charge in [0.25, 0.3) is 10.0 Å². The first-order valence-corrected chi connectivity index (χ1v) is 15.0. The minimum absolute atomic E-state index is 0.0113. The summed E-state index contributed by atoms with van der Waals surface area (Å²) in [5.41, 5.74) is 1.64. The number of benzene rings is 3. The number of carbonyl (C=O) groups is 2. The number of halogens is 2. The van der Waals surface area contributed by atoms with Crippen LogP contribution in [0.15, 0.2) is 71.6 Å². The third-order valence-corrected chi connectivity index (χ3v) is 8.89. The molecule has 3 aromatic rings. The van der Waals surface area contributed by atoms with Crippen molar-refractivity contribution in [2.45, 2.75) is 44.7 Å².